The van der Waals surface area contributed by atoms with Gasteiger partial charge in [-0.15, -0.1) is 0 Å². The number of ether oxygens (including phenoxy) is 1. The molecule has 4 N–H and O–H groups in total. The molecule has 264 valence electrons. The van der Waals surface area contributed by atoms with E-state index in [1.807, 2.05) is 20.2 Å². The van der Waals surface area contributed by atoms with E-state index in [4.69, 9.17) is 14.4 Å². The van der Waals surface area contributed by atoms with Gasteiger partial charge in [0.25, 0.3) is 16.8 Å². The second kappa shape index (κ2) is 12.7. The van der Waals surface area contributed by atoms with Crippen molar-refractivity contribution in [1.82, 2.24) is 19.7 Å². The number of amides is 1. The van der Waals surface area contributed by atoms with Crippen LogP contribution in [-0.2, 0) is 16.1 Å². The van der Waals surface area contributed by atoms with Crippen molar-refractivity contribution in [3.05, 3.63) is 55.9 Å². The van der Waals surface area contributed by atoms with Gasteiger partial charge in [0, 0.05) is 44.4 Å². The van der Waals surface area contributed by atoms with Crippen LogP contribution in [0.1, 0.15) is 102 Å². The highest BCUT2D eigenvalue weighted by Crippen LogP contribution is 2.57. The van der Waals surface area contributed by atoms with Crippen LogP contribution in [0.4, 0.5) is 17.1 Å². The van der Waals surface area contributed by atoms with E-state index in [1.54, 1.807) is 46.2 Å². The van der Waals surface area contributed by atoms with Gasteiger partial charge < -0.3 is 30.1 Å². The monoisotopic (exact) mass is 688 g/mol. The number of nitrogens with zero attached hydrogens (tertiary/aromatic N) is 4. The number of phosphoric ester groups is 1. The molecule has 0 aliphatic heterocycles. The quantitative estimate of drug-likeness (QED) is 0.118. The van der Waals surface area contributed by atoms with Crippen LogP contribution in [0.5, 0.6) is 5.75 Å². The van der Waals surface area contributed by atoms with Gasteiger partial charge in [0.1, 0.15) is 11.4 Å². The minimum atomic E-state index is -5.19. The lowest BCUT2D eigenvalue weighted by Gasteiger charge is -2.51. The van der Waals surface area contributed by atoms with E-state index in [2.05, 4.69) is 22.5 Å². The molecule has 0 radical (unpaired) electrons. The second-order valence-electron chi connectivity index (χ2n) is 15.4. The molecule has 1 aromatic carbocycles. The number of pyridine rings is 1. The molecule has 4 rings (SSSR count). The molecule has 48 heavy (non-hydrogen) atoms. The van der Waals surface area contributed by atoms with Crippen LogP contribution >= 0.6 is 7.82 Å². The molecule has 14 nitrogen and oxygen atoms in total. The first-order valence-corrected chi connectivity index (χ1v) is 17.5. The minimum Gasteiger partial charge on any atom is -0.456 e. The van der Waals surface area contributed by atoms with Crippen LogP contribution < -0.4 is 26.2 Å². The zero-order valence-corrected chi connectivity index (χ0v) is 30.6. The lowest BCUT2D eigenvalue weighted by Crippen LogP contribution is -2.59. The number of nitrogens with one attached hydrogen (secondary N) is 2. The molecule has 2 aromatic heterocycles. The predicted octanol–water partition coefficient (Wildman–Crippen LogP) is 5.18. The predicted molar refractivity (Wildman–Crippen MR) is 183 cm³/mol. The number of carbonyl (C=O) groups excluding carboxylic acids is 1. The normalized spacial score (nSPS) is 16.2. The smallest absolute Gasteiger partial charge is 0.456 e. The number of aryl methyl sites for hydroxylation is 2. The molecule has 1 saturated carbocycles. The maximum Gasteiger partial charge on any atom is 0.472 e. The fraction of sp³-hybridized carbons (Fsp3) is 0.606. The van der Waals surface area contributed by atoms with Crippen molar-refractivity contribution in [2.75, 3.05) is 24.7 Å². The molecular weight excluding hydrogens is 639 g/mol. The fourth-order valence-corrected chi connectivity index (χ4v) is 7.85. The third-order valence-corrected chi connectivity index (χ3v) is 9.70. The van der Waals surface area contributed by atoms with Gasteiger partial charge in [-0.05, 0) is 36.8 Å². The van der Waals surface area contributed by atoms with Crippen LogP contribution in [-0.4, -0.2) is 55.2 Å². The maximum atomic E-state index is 13.5. The Bertz CT molecular complexity index is 1790. The summed E-state index contributed by atoms with van der Waals surface area (Å²) in [6.07, 6.45) is 7.10. The second-order valence-corrected chi connectivity index (χ2v) is 16.5. The van der Waals surface area contributed by atoms with E-state index >= 15 is 0 Å². The Balaban J connectivity index is 1.89. The number of hydrogen-bond acceptors (Lipinski definition) is 10. The Labute approximate surface area is 281 Å². The van der Waals surface area contributed by atoms with Crippen LogP contribution in [0.3, 0.4) is 0 Å². The zero-order valence-electron chi connectivity index (χ0n) is 29.7. The van der Waals surface area contributed by atoms with Crippen LogP contribution in [0.15, 0.2) is 28.0 Å². The third-order valence-electron chi connectivity index (χ3n) is 9.21. The number of anilines is 3. The Kier molecular flexibility index (Phi) is 9.86. The molecule has 0 unspecified atom stereocenters. The lowest BCUT2D eigenvalue weighted by atomic mass is 9.70. The molecule has 15 heteroatoms. The summed E-state index contributed by atoms with van der Waals surface area (Å²) >= 11 is 0. The van der Waals surface area contributed by atoms with Gasteiger partial charge in [-0.1, -0.05) is 61.3 Å². The summed E-state index contributed by atoms with van der Waals surface area (Å²) < 4.78 is 26.2. The Morgan fingerprint density at radius 1 is 1.06 bits per heavy atom. The standard InChI is InChI=1S/C33H49N6O8P/c1-19-18-39(11)37-21(19)28(32(8)15-12-13-16-32)36-23-22(25(40)26(23)41)35-20-14-17-34-24(29(42)38(9)10)27(20)46-33(30(2,3)4,31(5,6)7)47-48(43,44)45/h14,17-18,28,36H,12-13,15-16H2,1-11H3,(H,34,35)(H2,43,44,45)/t28-/m0/s1. The highest BCUT2D eigenvalue weighted by molar-refractivity contribution is 7.46. The average molecular weight is 689 g/mol. The summed E-state index contributed by atoms with van der Waals surface area (Å²) in [5.41, 5.74) is -2.33. The number of carbonyl (C=O) groups is 1. The largest absolute Gasteiger partial charge is 0.472 e. The van der Waals surface area contributed by atoms with Gasteiger partial charge in [0.2, 0.25) is 5.79 Å². The van der Waals surface area contributed by atoms with Gasteiger partial charge in [0.15, 0.2) is 11.4 Å². The van der Waals surface area contributed by atoms with Crippen LogP contribution in [0.25, 0.3) is 0 Å². The molecular formula is C33H49N6O8P. The van der Waals surface area contributed by atoms with Crippen LogP contribution in [0, 0.1) is 23.2 Å². The average Bonchev–Trinajstić information content (AvgIpc) is 3.54. The van der Waals surface area contributed by atoms with Crippen molar-refractivity contribution in [2.45, 2.75) is 92.9 Å². The number of hydrogen-bond donors (Lipinski definition) is 4. The number of aromatic nitrogens is 3. The summed E-state index contributed by atoms with van der Waals surface area (Å²) in [4.78, 5) is 65.6. The van der Waals surface area contributed by atoms with Crippen molar-refractivity contribution in [1.29, 1.82) is 0 Å². The molecule has 0 bridgehead atoms. The van der Waals surface area contributed by atoms with E-state index in [9.17, 15) is 28.7 Å². The lowest BCUT2D eigenvalue weighted by molar-refractivity contribution is -0.255. The maximum absolute atomic E-state index is 13.5. The first-order chi connectivity index (χ1) is 21.9. The molecule has 2 heterocycles. The summed E-state index contributed by atoms with van der Waals surface area (Å²) in [5.74, 6) is -2.84. The van der Waals surface area contributed by atoms with E-state index < -0.39 is 41.2 Å². The van der Waals surface area contributed by atoms with E-state index in [0.29, 0.717) is 0 Å². The van der Waals surface area contributed by atoms with Crippen molar-refractivity contribution in [3.8, 4) is 5.75 Å². The first kappa shape index (κ1) is 37.2. The molecule has 1 fully saturated rings. The van der Waals surface area contributed by atoms with Crippen molar-refractivity contribution in [2.24, 2.45) is 23.3 Å². The molecule has 0 spiro atoms. The van der Waals surface area contributed by atoms with Gasteiger partial charge >= 0.3 is 7.82 Å². The van der Waals surface area contributed by atoms with Gasteiger partial charge in [-0.25, -0.2) is 14.1 Å². The summed E-state index contributed by atoms with van der Waals surface area (Å²) in [6, 6.07) is 1.07. The van der Waals surface area contributed by atoms with Gasteiger partial charge in [-0.2, -0.15) is 5.10 Å². The number of rotatable bonds is 11. The van der Waals surface area contributed by atoms with Gasteiger partial charge in [0.05, 0.1) is 17.4 Å². The van der Waals surface area contributed by atoms with E-state index in [0.717, 1.165) is 36.9 Å². The van der Waals surface area contributed by atoms with Crippen molar-refractivity contribution < 1.29 is 28.4 Å². The van der Waals surface area contributed by atoms with Crippen molar-refractivity contribution in [3.63, 3.8) is 0 Å². The zero-order chi connectivity index (χ0) is 36.2. The van der Waals surface area contributed by atoms with Crippen LogP contribution in [0.2, 0.25) is 0 Å². The Hall–Kier alpha value is -3.58. The Morgan fingerprint density at radius 3 is 2.10 bits per heavy atom. The summed E-state index contributed by atoms with van der Waals surface area (Å²) in [6.45, 7) is 14.2. The van der Waals surface area contributed by atoms with Crippen molar-refractivity contribution >= 4 is 30.8 Å². The van der Waals surface area contributed by atoms with Gasteiger partial charge in [-0.3, -0.25) is 19.1 Å². The summed E-state index contributed by atoms with van der Waals surface area (Å²) in [5, 5.41) is 11.1. The SMILES string of the molecule is Cc1cn(C)nc1[C@H](Nc1c(Nc2ccnc(C(=O)N(C)C)c2OC(OP(=O)(O)O)(C(C)(C)C)C(C)(C)C)c(=O)c1=O)C1(C)CCCC1. The molecule has 1 atom stereocenters. The van der Waals surface area contributed by atoms with E-state index in [1.165, 1.54) is 31.3 Å². The molecule has 1 aliphatic rings. The van der Waals surface area contributed by atoms with E-state index in [-0.39, 0.29) is 40.0 Å². The summed E-state index contributed by atoms with van der Waals surface area (Å²) in [7, 11) is -0.327. The molecule has 0 saturated heterocycles. The fourth-order valence-electron chi connectivity index (χ4n) is 6.93. The highest BCUT2D eigenvalue weighted by Gasteiger charge is 2.59. The highest BCUT2D eigenvalue weighted by atomic mass is 31.2. The first-order valence-electron chi connectivity index (χ1n) is 16.0. The number of phosphoric acid groups is 1. The topological polar surface area (TPSA) is 185 Å². The molecule has 1 amide bonds. The molecule has 1 aliphatic carbocycles. The molecule has 3 aromatic rings. The third kappa shape index (κ3) is 6.94. The minimum absolute atomic E-state index is 0.0486. The Morgan fingerprint density at radius 2 is 1.62 bits per heavy atom.